The standard InChI is InChI=1S/C28H48N2O5S/c1-19(2)13-11-15-22(6)17-12-16-21(5)14-9-10-18-23(26(32)33)29-25(31)24(20(3)4)30-27(34)35-28(7,8)36/h13-14,17,20,23-24,36H,9-12,15-16,18H2,1-8H3,(H,29,31)(H,30,34)(H,32,33)/t23-,24+/m1/s1. The van der Waals surface area contributed by atoms with Crippen molar-refractivity contribution in [3.63, 3.8) is 0 Å². The predicted octanol–water partition coefficient (Wildman–Crippen LogP) is 6.56. The average molecular weight is 525 g/mol. The lowest BCUT2D eigenvalue weighted by molar-refractivity contribution is -0.142. The van der Waals surface area contributed by atoms with Crippen molar-refractivity contribution in [1.29, 1.82) is 0 Å². The fraction of sp³-hybridized carbons (Fsp3) is 0.679. The van der Waals surface area contributed by atoms with E-state index in [1.807, 2.05) is 0 Å². The largest absolute Gasteiger partial charge is 0.480 e. The summed E-state index contributed by atoms with van der Waals surface area (Å²) < 4.78 is 5.09. The van der Waals surface area contributed by atoms with Crippen molar-refractivity contribution in [3.05, 3.63) is 34.9 Å². The molecule has 36 heavy (non-hydrogen) atoms. The Labute approximate surface area is 223 Å². The summed E-state index contributed by atoms with van der Waals surface area (Å²) in [5.41, 5.74) is 4.02. The monoisotopic (exact) mass is 524 g/mol. The molecule has 0 rings (SSSR count). The lowest BCUT2D eigenvalue weighted by atomic mass is 10.0. The number of unbranched alkanes of at least 4 members (excludes halogenated alkanes) is 1. The Morgan fingerprint density at radius 3 is 1.92 bits per heavy atom. The van der Waals surface area contributed by atoms with Crippen LogP contribution in [-0.4, -0.2) is 40.1 Å². The molecular formula is C28H48N2O5S. The van der Waals surface area contributed by atoms with Crippen LogP contribution in [0.1, 0.15) is 100 Å². The number of hydrogen-bond acceptors (Lipinski definition) is 5. The van der Waals surface area contributed by atoms with E-state index in [0.29, 0.717) is 12.8 Å². The van der Waals surface area contributed by atoms with Gasteiger partial charge in [0.25, 0.3) is 0 Å². The molecule has 7 nitrogen and oxygen atoms in total. The molecule has 0 fully saturated rings. The van der Waals surface area contributed by atoms with Crippen LogP contribution in [0.3, 0.4) is 0 Å². The number of alkyl carbamates (subject to hydrolysis) is 1. The Balaban J connectivity index is 4.69. The molecule has 206 valence electrons. The second-order valence-electron chi connectivity index (χ2n) is 10.5. The summed E-state index contributed by atoms with van der Waals surface area (Å²) >= 11 is 4.14. The highest BCUT2D eigenvalue weighted by atomic mass is 32.1. The Bertz CT molecular complexity index is 805. The molecule has 0 aliphatic rings. The number of ether oxygens (including phenoxy) is 1. The first-order chi connectivity index (χ1) is 16.6. The van der Waals surface area contributed by atoms with Crippen LogP contribution in [-0.2, 0) is 14.3 Å². The van der Waals surface area contributed by atoms with E-state index in [2.05, 4.69) is 69.2 Å². The zero-order valence-electron chi connectivity index (χ0n) is 23.4. The van der Waals surface area contributed by atoms with Gasteiger partial charge in [0.15, 0.2) is 4.93 Å². The quantitative estimate of drug-likeness (QED) is 0.0792. The maximum atomic E-state index is 12.7. The van der Waals surface area contributed by atoms with E-state index in [-0.39, 0.29) is 5.92 Å². The van der Waals surface area contributed by atoms with Crippen molar-refractivity contribution in [2.75, 3.05) is 0 Å². The summed E-state index contributed by atoms with van der Waals surface area (Å²) in [5, 5.41) is 14.7. The maximum Gasteiger partial charge on any atom is 0.409 e. The third-order valence-electron chi connectivity index (χ3n) is 5.49. The summed E-state index contributed by atoms with van der Waals surface area (Å²) in [6, 6.07) is -1.95. The number of hydrogen-bond donors (Lipinski definition) is 4. The van der Waals surface area contributed by atoms with Gasteiger partial charge in [-0.1, -0.05) is 48.8 Å². The molecule has 0 unspecified atom stereocenters. The highest BCUT2D eigenvalue weighted by molar-refractivity contribution is 7.81. The van der Waals surface area contributed by atoms with Crippen LogP contribution in [0.15, 0.2) is 34.9 Å². The molecule has 2 atom stereocenters. The third kappa shape index (κ3) is 17.2. The molecule has 0 radical (unpaired) electrons. The Kier molecular flexibility index (Phi) is 16.2. The number of carbonyl (C=O) groups excluding carboxylic acids is 2. The lowest BCUT2D eigenvalue weighted by Gasteiger charge is -2.26. The average Bonchev–Trinajstić information content (AvgIpc) is 2.72. The number of carbonyl (C=O) groups is 3. The van der Waals surface area contributed by atoms with Crippen molar-refractivity contribution in [1.82, 2.24) is 10.6 Å². The second kappa shape index (κ2) is 17.3. The number of thiol groups is 1. The molecule has 0 aromatic heterocycles. The van der Waals surface area contributed by atoms with Crippen LogP contribution in [0.4, 0.5) is 4.79 Å². The highest BCUT2D eigenvalue weighted by Gasteiger charge is 2.30. The number of carboxylic acids is 1. The molecular weight excluding hydrogens is 476 g/mol. The molecule has 3 N–H and O–H groups in total. The van der Waals surface area contributed by atoms with Crippen molar-refractivity contribution in [2.45, 2.75) is 117 Å². The van der Waals surface area contributed by atoms with Gasteiger partial charge in [0.1, 0.15) is 12.1 Å². The van der Waals surface area contributed by atoms with Crippen LogP contribution in [0, 0.1) is 5.92 Å². The molecule has 0 heterocycles. The molecule has 0 saturated carbocycles. The zero-order valence-corrected chi connectivity index (χ0v) is 24.3. The molecule has 0 spiro atoms. The van der Waals surface area contributed by atoms with Gasteiger partial charge < -0.3 is 20.5 Å². The van der Waals surface area contributed by atoms with Gasteiger partial charge in [-0.25, -0.2) is 9.59 Å². The first-order valence-electron chi connectivity index (χ1n) is 12.8. The van der Waals surface area contributed by atoms with E-state index in [0.717, 1.165) is 32.1 Å². The lowest BCUT2D eigenvalue weighted by Crippen LogP contribution is -2.54. The molecule has 0 bridgehead atoms. The summed E-state index contributed by atoms with van der Waals surface area (Å²) in [4.78, 5) is 35.5. The van der Waals surface area contributed by atoms with E-state index in [9.17, 15) is 19.5 Å². The van der Waals surface area contributed by atoms with Gasteiger partial charge >= 0.3 is 12.1 Å². The molecule has 2 amide bonds. The number of amides is 2. The van der Waals surface area contributed by atoms with Crippen molar-refractivity contribution < 1.29 is 24.2 Å². The van der Waals surface area contributed by atoms with Crippen molar-refractivity contribution >= 4 is 30.6 Å². The fourth-order valence-corrected chi connectivity index (χ4v) is 3.53. The summed E-state index contributed by atoms with van der Waals surface area (Å²) in [5.74, 6) is -1.91. The molecule has 0 saturated heterocycles. The van der Waals surface area contributed by atoms with Crippen LogP contribution in [0.5, 0.6) is 0 Å². The minimum absolute atomic E-state index is 0.259. The second-order valence-corrected chi connectivity index (χ2v) is 11.6. The van der Waals surface area contributed by atoms with E-state index >= 15 is 0 Å². The van der Waals surface area contributed by atoms with Gasteiger partial charge in [0.2, 0.25) is 5.91 Å². The van der Waals surface area contributed by atoms with Gasteiger partial charge in [0, 0.05) is 0 Å². The Hall–Kier alpha value is -2.22. The molecule has 0 aromatic rings. The number of aliphatic carboxylic acids is 1. The van der Waals surface area contributed by atoms with Gasteiger partial charge in [-0.15, -0.1) is 12.6 Å². The van der Waals surface area contributed by atoms with Crippen molar-refractivity contribution in [2.24, 2.45) is 5.92 Å². The fourth-order valence-electron chi connectivity index (χ4n) is 3.45. The van der Waals surface area contributed by atoms with E-state index in [1.54, 1.807) is 27.7 Å². The van der Waals surface area contributed by atoms with Crippen molar-refractivity contribution in [3.8, 4) is 0 Å². The molecule has 0 aromatic carbocycles. The van der Waals surface area contributed by atoms with E-state index in [4.69, 9.17) is 4.74 Å². The summed E-state index contributed by atoms with van der Waals surface area (Å²) in [6.07, 6.45) is 11.7. The van der Waals surface area contributed by atoms with Gasteiger partial charge in [-0.3, -0.25) is 4.79 Å². The van der Waals surface area contributed by atoms with Crippen LogP contribution < -0.4 is 10.6 Å². The Morgan fingerprint density at radius 1 is 0.917 bits per heavy atom. The number of carboxylic acid groups (broad SMARTS) is 1. The maximum absolute atomic E-state index is 12.7. The summed E-state index contributed by atoms with van der Waals surface area (Å²) in [7, 11) is 0. The molecule has 0 aliphatic carbocycles. The predicted molar refractivity (Wildman–Crippen MR) is 150 cm³/mol. The van der Waals surface area contributed by atoms with Crippen LogP contribution in [0.2, 0.25) is 0 Å². The number of allylic oxidation sites excluding steroid dienone is 6. The number of rotatable bonds is 16. The minimum Gasteiger partial charge on any atom is -0.480 e. The van der Waals surface area contributed by atoms with Gasteiger partial charge in [-0.2, -0.15) is 0 Å². The first-order valence-corrected chi connectivity index (χ1v) is 13.3. The molecule has 0 aliphatic heterocycles. The number of nitrogens with one attached hydrogen (secondary N) is 2. The normalized spacial score (nSPS) is 14.2. The highest BCUT2D eigenvalue weighted by Crippen LogP contribution is 2.15. The third-order valence-corrected chi connectivity index (χ3v) is 5.58. The minimum atomic E-state index is -1.10. The zero-order chi connectivity index (χ0) is 27.9. The van der Waals surface area contributed by atoms with Crippen LogP contribution in [0.25, 0.3) is 0 Å². The van der Waals surface area contributed by atoms with E-state index < -0.39 is 35.0 Å². The molecule has 8 heteroatoms. The first kappa shape index (κ1) is 33.8. The Morgan fingerprint density at radius 2 is 1.44 bits per heavy atom. The van der Waals surface area contributed by atoms with Gasteiger partial charge in [0.05, 0.1) is 0 Å². The topological polar surface area (TPSA) is 105 Å². The van der Waals surface area contributed by atoms with E-state index in [1.165, 1.54) is 16.7 Å². The van der Waals surface area contributed by atoms with Crippen LogP contribution >= 0.6 is 12.6 Å². The smallest absolute Gasteiger partial charge is 0.409 e. The van der Waals surface area contributed by atoms with Gasteiger partial charge in [-0.05, 0) is 92.4 Å². The summed E-state index contributed by atoms with van der Waals surface area (Å²) in [6.45, 7) is 15.2. The SMILES string of the molecule is CC(C)=CCCC(C)=CCCC(C)=CCCC[C@@H](NC(=O)[C@@H](NC(=O)OC(C)(C)S)C(C)C)C(=O)O.